The lowest BCUT2D eigenvalue weighted by atomic mass is 10.1. The zero-order valence-corrected chi connectivity index (χ0v) is 23.0. The first kappa shape index (κ1) is 27.0. The molecule has 5 rings (SSSR count). The predicted molar refractivity (Wildman–Crippen MR) is 158 cm³/mol. The van der Waals surface area contributed by atoms with Crippen LogP contribution in [0.2, 0.25) is 0 Å². The SMILES string of the molecule is CCOc1cc(/C=C2\C(=O)NC(=O)N(c3ccc(C)cc3)C2=O)ccc1OCCSc1cccc2ccccc12. The van der Waals surface area contributed by atoms with E-state index in [-0.39, 0.29) is 5.57 Å². The number of amides is 4. The maximum atomic E-state index is 13.2. The van der Waals surface area contributed by atoms with E-state index in [1.807, 2.05) is 26.0 Å². The van der Waals surface area contributed by atoms with E-state index in [1.165, 1.54) is 21.7 Å². The van der Waals surface area contributed by atoms with Crippen LogP contribution >= 0.6 is 11.8 Å². The summed E-state index contributed by atoms with van der Waals surface area (Å²) in [7, 11) is 0. The number of ether oxygens (including phenoxy) is 2. The molecule has 202 valence electrons. The fourth-order valence-electron chi connectivity index (χ4n) is 4.38. The van der Waals surface area contributed by atoms with Gasteiger partial charge in [-0.3, -0.25) is 14.9 Å². The number of thioether (sulfide) groups is 1. The molecule has 0 aromatic heterocycles. The maximum Gasteiger partial charge on any atom is 0.335 e. The van der Waals surface area contributed by atoms with Gasteiger partial charge in [0.05, 0.1) is 18.9 Å². The molecule has 0 bridgehead atoms. The van der Waals surface area contributed by atoms with Crippen molar-refractivity contribution < 1.29 is 23.9 Å². The highest BCUT2D eigenvalue weighted by Gasteiger charge is 2.36. The smallest absolute Gasteiger partial charge is 0.335 e. The van der Waals surface area contributed by atoms with E-state index in [0.717, 1.165) is 16.2 Å². The van der Waals surface area contributed by atoms with Crippen molar-refractivity contribution in [1.29, 1.82) is 0 Å². The molecule has 1 heterocycles. The molecule has 0 aliphatic carbocycles. The molecular weight excluding hydrogens is 524 g/mol. The second kappa shape index (κ2) is 12.1. The Hall–Kier alpha value is -4.56. The third-order valence-corrected chi connectivity index (χ3v) is 7.36. The van der Waals surface area contributed by atoms with Crippen LogP contribution in [0.25, 0.3) is 16.8 Å². The number of benzene rings is 4. The number of anilines is 1. The Bertz CT molecular complexity index is 1610. The number of aryl methyl sites for hydroxylation is 1. The van der Waals surface area contributed by atoms with E-state index in [9.17, 15) is 14.4 Å². The molecule has 0 atom stereocenters. The molecule has 1 saturated heterocycles. The van der Waals surface area contributed by atoms with Gasteiger partial charge in [0, 0.05) is 10.6 Å². The van der Waals surface area contributed by atoms with E-state index in [1.54, 1.807) is 54.2 Å². The standard InChI is InChI=1S/C32H28N2O5S/c1-3-38-28-20-22(19-26-30(35)33-32(37)34(31(26)36)24-14-11-21(2)12-15-24)13-16-27(28)39-17-18-40-29-10-6-8-23-7-4-5-9-25(23)29/h4-16,19-20H,3,17-18H2,1-2H3,(H,33,35,37)/b26-19+. The maximum absolute atomic E-state index is 13.2. The number of nitrogens with one attached hydrogen (secondary N) is 1. The molecule has 0 radical (unpaired) electrons. The first-order chi connectivity index (χ1) is 19.4. The van der Waals surface area contributed by atoms with Gasteiger partial charge in [-0.1, -0.05) is 60.2 Å². The van der Waals surface area contributed by atoms with Crippen LogP contribution in [-0.4, -0.2) is 36.8 Å². The molecule has 1 aliphatic heterocycles. The minimum Gasteiger partial charge on any atom is -0.490 e. The van der Waals surface area contributed by atoms with Gasteiger partial charge in [-0.15, -0.1) is 11.8 Å². The van der Waals surface area contributed by atoms with Crippen LogP contribution < -0.4 is 19.7 Å². The van der Waals surface area contributed by atoms with Crippen molar-refractivity contribution in [3.05, 3.63) is 102 Å². The Morgan fingerprint density at radius 3 is 2.45 bits per heavy atom. The number of nitrogens with zero attached hydrogens (tertiary/aromatic N) is 1. The van der Waals surface area contributed by atoms with Gasteiger partial charge in [-0.25, -0.2) is 9.69 Å². The van der Waals surface area contributed by atoms with Gasteiger partial charge < -0.3 is 9.47 Å². The number of rotatable bonds is 9. The summed E-state index contributed by atoms with van der Waals surface area (Å²) in [6, 6.07) is 25.9. The third kappa shape index (κ3) is 5.87. The molecule has 4 aromatic carbocycles. The Labute approximate surface area is 236 Å². The number of fused-ring (bicyclic) bond motifs is 1. The van der Waals surface area contributed by atoms with Crippen molar-refractivity contribution in [1.82, 2.24) is 5.32 Å². The minimum atomic E-state index is -0.781. The summed E-state index contributed by atoms with van der Waals surface area (Å²) in [6.45, 7) is 4.65. The Morgan fingerprint density at radius 1 is 0.875 bits per heavy atom. The van der Waals surface area contributed by atoms with Gasteiger partial charge >= 0.3 is 6.03 Å². The van der Waals surface area contributed by atoms with Crippen molar-refractivity contribution in [3.8, 4) is 11.5 Å². The lowest BCUT2D eigenvalue weighted by Crippen LogP contribution is -2.54. The second-order valence-corrected chi connectivity index (χ2v) is 10.2. The van der Waals surface area contributed by atoms with Crippen molar-refractivity contribution in [2.75, 3.05) is 23.9 Å². The van der Waals surface area contributed by atoms with E-state index in [4.69, 9.17) is 9.47 Å². The predicted octanol–water partition coefficient (Wildman–Crippen LogP) is 6.38. The molecule has 1 N–H and O–H groups in total. The van der Waals surface area contributed by atoms with Gasteiger partial charge in [0.15, 0.2) is 11.5 Å². The number of carbonyl (C=O) groups is 3. The van der Waals surface area contributed by atoms with Gasteiger partial charge in [0.25, 0.3) is 11.8 Å². The summed E-state index contributed by atoms with van der Waals surface area (Å²) in [6.07, 6.45) is 1.45. The Balaban J connectivity index is 1.31. The van der Waals surface area contributed by atoms with Crippen LogP contribution in [0.15, 0.2) is 95.4 Å². The zero-order chi connectivity index (χ0) is 28.1. The summed E-state index contributed by atoms with van der Waals surface area (Å²) >= 11 is 1.73. The third-order valence-electron chi connectivity index (χ3n) is 6.32. The number of hydrogen-bond acceptors (Lipinski definition) is 6. The number of hydrogen-bond donors (Lipinski definition) is 1. The fourth-order valence-corrected chi connectivity index (χ4v) is 5.28. The molecule has 4 aromatic rings. The first-order valence-electron chi connectivity index (χ1n) is 12.9. The number of carbonyl (C=O) groups excluding carboxylic acids is 3. The topological polar surface area (TPSA) is 84.9 Å². The molecule has 40 heavy (non-hydrogen) atoms. The van der Waals surface area contributed by atoms with E-state index < -0.39 is 17.8 Å². The first-order valence-corrected chi connectivity index (χ1v) is 13.9. The normalized spacial score (nSPS) is 14.5. The largest absolute Gasteiger partial charge is 0.490 e. The molecule has 8 heteroatoms. The highest BCUT2D eigenvalue weighted by Crippen LogP contribution is 2.32. The average molecular weight is 553 g/mol. The molecule has 0 spiro atoms. The van der Waals surface area contributed by atoms with E-state index in [0.29, 0.717) is 36.0 Å². The molecule has 1 aliphatic rings. The molecule has 0 unspecified atom stereocenters. The molecule has 4 amide bonds. The van der Waals surface area contributed by atoms with Crippen LogP contribution in [0.1, 0.15) is 18.1 Å². The van der Waals surface area contributed by atoms with Crippen LogP contribution in [0.4, 0.5) is 10.5 Å². The highest BCUT2D eigenvalue weighted by molar-refractivity contribution is 7.99. The zero-order valence-electron chi connectivity index (χ0n) is 22.2. The lowest BCUT2D eigenvalue weighted by Gasteiger charge is -2.26. The van der Waals surface area contributed by atoms with Crippen molar-refractivity contribution in [2.24, 2.45) is 0 Å². The van der Waals surface area contributed by atoms with Crippen LogP contribution in [0.3, 0.4) is 0 Å². The lowest BCUT2D eigenvalue weighted by molar-refractivity contribution is -0.122. The summed E-state index contributed by atoms with van der Waals surface area (Å²) in [4.78, 5) is 40.4. The number of imide groups is 2. The van der Waals surface area contributed by atoms with E-state index >= 15 is 0 Å². The molecule has 1 fully saturated rings. The van der Waals surface area contributed by atoms with Gasteiger partial charge in [0.1, 0.15) is 5.57 Å². The fraction of sp³-hybridized carbons (Fsp3) is 0.156. The summed E-state index contributed by atoms with van der Waals surface area (Å²) in [5, 5.41) is 4.67. The summed E-state index contributed by atoms with van der Waals surface area (Å²) in [5.74, 6) is 0.368. The van der Waals surface area contributed by atoms with Gasteiger partial charge in [-0.05, 0) is 66.6 Å². The molecule has 0 saturated carbocycles. The van der Waals surface area contributed by atoms with Gasteiger partial charge in [-0.2, -0.15) is 0 Å². The molecule has 7 nitrogen and oxygen atoms in total. The average Bonchev–Trinajstić information content (AvgIpc) is 2.95. The summed E-state index contributed by atoms with van der Waals surface area (Å²) in [5.41, 5.74) is 1.78. The van der Waals surface area contributed by atoms with Crippen molar-refractivity contribution >= 4 is 52.1 Å². The quantitative estimate of drug-likeness (QED) is 0.112. The highest BCUT2D eigenvalue weighted by atomic mass is 32.2. The second-order valence-electron chi connectivity index (χ2n) is 9.11. The molecular formula is C32H28N2O5S. The van der Waals surface area contributed by atoms with Crippen LogP contribution in [0.5, 0.6) is 11.5 Å². The Morgan fingerprint density at radius 2 is 1.65 bits per heavy atom. The van der Waals surface area contributed by atoms with Crippen LogP contribution in [0, 0.1) is 6.92 Å². The Kier molecular flexibility index (Phi) is 8.17. The monoisotopic (exact) mass is 552 g/mol. The van der Waals surface area contributed by atoms with Crippen LogP contribution in [-0.2, 0) is 9.59 Å². The number of urea groups is 1. The minimum absolute atomic E-state index is 0.150. The number of barbiturate groups is 1. The van der Waals surface area contributed by atoms with E-state index in [2.05, 4.69) is 35.6 Å². The van der Waals surface area contributed by atoms with Crippen molar-refractivity contribution in [3.63, 3.8) is 0 Å². The summed E-state index contributed by atoms with van der Waals surface area (Å²) < 4.78 is 11.8. The van der Waals surface area contributed by atoms with Gasteiger partial charge in [0.2, 0.25) is 0 Å². The van der Waals surface area contributed by atoms with Crippen molar-refractivity contribution in [2.45, 2.75) is 18.7 Å².